The van der Waals surface area contributed by atoms with Gasteiger partial charge in [0, 0.05) is 35.8 Å². The fourth-order valence-corrected chi connectivity index (χ4v) is 5.14. The number of carbonyl (C=O) groups is 2. The van der Waals surface area contributed by atoms with Crippen LogP contribution in [0, 0.1) is 30.1 Å². The Morgan fingerprint density at radius 2 is 1.75 bits per heavy atom. The van der Waals surface area contributed by atoms with E-state index in [0.717, 1.165) is 27.5 Å². The number of ether oxygens (including phenoxy) is 1. The zero-order chi connectivity index (χ0) is 19.7. The first-order chi connectivity index (χ1) is 13.4. The molecule has 0 amide bonds. The highest BCUT2D eigenvalue weighted by Crippen LogP contribution is 2.49. The first-order valence-corrected chi connectivity index (χ1v) is 9.90. The standard InChI is InChI=1S/C24H21NO3/c1-11-5-15-21-14(4-12(2)7-18(21)26)17(10-25)24-22(15)16(6-11)23-19(27)8-13(3)9-20(23)28-24/h5-6,12-13H,4,7-9H2,1-3H3. The Bertz CT molecular complexity index is 1180. The van der Waals surface area contributed by atoms with Crippen LogP contribution in [0.2, 0.25) is 0 Å². The summed E-state index contributed by atoms with van der Waals surface area (Å²) in [6, 6.07) is 6.32. The van der Waals surface area contributed by atoms with Gasteiger partial charge in [-0.2, -0.15) is 5.26 Å². The molecule has 5 rings (SSSR count). The first kappa shape index (κ1) is 17.2. The number of hydrogen-bond acceptors (Lipinski definition) is 4. The smallest absolute Gasteiger partial charge is 0.167 e. The van der Waals surface area contributed by atoms with Crippen LogP contribution in [0.5, 0.6) is 5.75 Å². The highest BCUT2D eigenvalue weighted by Gasteiger charge is 2.37. The first-order valence-electron chi connectivity index (χ1n) is 9.90. The molecule has 2 aliphatic carbocycles. The zero-order valence-electron chi connectivity index (χ0n) is 16.3. The monoisotopic (exact) mass is 371 g/mol. The molecule has 0 aromatic heterocycles. The van der Waals surface area contributed by atoms with Gasteiger partial charge in [-0.15, -0.1) is 0 Å². The minimum atomic E-state index is 0.0803. The van der Waals surface area contributed by atoms with Crippen LogP contribution in [0.1, 0.15) is 65.7 Å². The van der Waals surface area contributed by atoms with Crippen LogP contribution in [-0.4, -0.2) is 11.6 Å². The third-order valence-corrected chi connectivity index (χ3v) is 6.21. The maximum absolute atomic E-state index is 13.0. The van der Waals surface area contributed by atoms with E-state index in [1.165, 1.54) is 0 Å². The summed E-state index contributed by atoms with van der Waals surface area (Å²) in [5.41, 5.74) is 4.40. The van der Waals surface area contributed by atoms with Crippen LogP contribution in [-0.2, 0) is 11.2 Å². The largest absolute Gasteiger partial charge is 0.459 e. The van der Waals surface area contributed by atoms with E-state index in [0.29, 0.717) is 53.9 Å². The maximum Gasteiger partial charge on any atom is 0.167 e. The van der Waals surface area contributed by atoms with Crippen LogP contribution in [0.4, 0.5) is 0 Å². The van der Waals surface area contributed by atoms with E-state index in [2.05, 4.69) is 6.07 Å². The quantitative estimate of drug-likeness (QED) is 0.661. The Morgan fingerprint density at radius 3 is 2.50 bits per heavy atom. The second kappa shape index (κ2) is 5.78. The van der Waals surface area contributed by atoms with Gasteiger partial charge in [0.1, 0.15) is 11.8 Å². The van der Waals surface area contributed by atoms with Crippen molar-refractivity contribution in [2.24, 2.45) is 11.8 Å². The third kappa shape index (κ3) is 2.22. The van der Waals surface area contributed by atoms with E-state index in [-0.39, 0.29) is 23.4 Å². The third-order valence-electron chi connectivity index (χ3n) is 6.21. The Labute approximate surface area is 163 Å². The summed E-state index contributed by atoms with van der Waals surface area (Å²) in [7, 11) is 0. The average molecular weight is 371 g/mol. The van der Waals surface area contributed by atoms with Crippen LogP contribution in [0.25, 0.3) is 16.3 Å². The fourth-order valence-electron chi connectivity index (χ4n) is 5.14. The highest BCUT2D eigenvalue weighted by atomic mass is 16.5. The molecule has 0 saturated heterocycles. The van der Waals surface area contributed by atoms with Crippen LogP contribution in [0.3, 0.4) is 0 Å². The molecule has 2 aromatic rings. The van der Waals surface area contributed by atoms with Crippen molar-refractivity contribution in [1.82, 2.24) is 0 Å². The maximum atomic E-state index is 13.0. The number of aryl methyl sites for hydroxylation is 1. The molecule has 4 heteroatoms. The highest BCUT2D eigenvalue weighted by molar-refractivity contribution is 6.28. The normalized spacial score (nSPS) is 23.2. The number of fused-ring (bicyclic) bond motifs is 3. The van der Waals surface area contributed by atoms with Crippen molar-refractivity contribution in [3.05, 3.63) is 45.7 Å². The summed E-state index contributed by atoms with van der Waals surface area (Å²) >= 11 is 0. The van der Waals surface area contributed by atoms with Gasteiger partial charge < -0.3 is 4.74 Å². The lowest BCUT2D eigenvalue weighted by molar-refractivity contribution is -0.115. The van der Waals surface area contributed by atoms with Crippen molar-refractivity contribution in [3.63, 3.8) is 0 Å². The molecule has 2 unspecified atom stereocenters. The Morgan fingerprint density at radius 1 is 1.04 bits per heavy atom. The summed E-state index contributed by atoms with van der Waals surface area (Å²) in [4.78, 5) is 25.9. The lowest BCUT2D eigenvalue weighted by atomic mass is 9.75. The van der Waals surface area contributed by atoms with E-state index in [9.17, 15) is 14.9 Å². The second-order valence-electron chi connectivity index (χ2n) is 8.68. The number of carbonyl (C=O) groups excluding carboxylic acids is 2. The van der Waals surface area contributed by atoms with Crippen molar-refractivity contribution in [2.75, 3.05) is 0 Å². The Kier molecular flexibility index (Phi) is 3.55. The predicted octanol–water partition coefficient (Wildman–Crippen LogP) is 4.89. The molecule has 0 saturated carbocycles. The molecule has 0 spiro atoms. The number of benzene rings is 2. The molecular formula is C24H21NO3. The number of Topliss-reactive ketones (excluding diaryl/α,β-unsaturated/α-hetero) is 2. The van der Waals surface area contributed by atoms with E-state index < -0.39 is 0 Å². The van der Waals surface area contributed by atoms with Crippen molar-refractivity contribution < 1.29 is 14.3 Å². The molecular weight excluding hydrogens is 350 g/mol. The van der Waals surface area contributed by atoms with E-state index in [1.807, 2.05) is 32.9 Å². The Balaban J connectivity index is 1.95. The van der Waals surface area contributed by atoms with Gasteiger partial charge in [-0.25, -0.2) is 0 Å². The molecule has 0 N–H and O–H groups in total. The summed E-state index contributed by atoms with van der Waals surface area (Å²) in [6.45, 7) is 6.08. The molecule has 3 aliphatic rings. The van der Waals surface area contributed by atoms with E-state index in [4.69, 9.17) is 4.74 Å². The van der Waals surface area contributed by atoms with Gasteiger partial charge in [-0.05, 0) is 41.7 Å². The number of nitriles is 1. The van der Waals surface area contributed by atoms with Crippen LogP contribution < -0.4 is 4.74 Å². The molecule has 2 atom stereocenters. The number of hydrogen-bond donors (Lipinski definition) is 0. The summed E-state index contributed by atoms with van der Waals surface area (Å²) in [6.07, 6.45) is 2.37. The van der Waals surface area contributed by atoms with Crippen molar-refractivity contribution in [3.8, 4) is 11.8 Å². The molecule has 2 aromatic carbocycles. The van der Waals surface area contributed by atoms with Crippen molar-refractivity contribution >= 4 is 27.9 Å². The van der Waals surface area contributed by atoms with Crippen molar-refractivity contribution in [1.29, 1.82) is 5.26 Å². The van der Waals surface area contributed by atoms with Crippen molar-refractivity contribution in [2.45, 2.75) is 46.5 Å². The molecule has 4 nitrogen and oxygen atoms in total. The van der Waals surface area contributed by atoms with Crippen LogP contribution in [0.15, 0.2) is 17.9 Å². The second-order valence-corrected chi connectivity index (χ2v) is 8.68. The summed E-state index contributed by atoms with van der Waals surface area (Å²) in [5.74, 6) is 1.80. The summed E-state index contributed by atoms with van der Waals surface area (Å²) < 4.78 is 6.27. The van der Waals surface area contributed by atoms with Gasteiger partial charge in [0.05, 0.1) is 11.1 Å². The van der Waals surface area contributed by atoms with E-state index >= 15 is 0 Å². The van der Waals surface area contributed by atoms with Gasteiger partial charge in [0.25, 0.3) is 0 Å². The molecule has 0 radical (unpaired) electrons. The lowest BCUT2D eigenvalue weighted by Gasteiger charge is -2.32. The van der Waals surface area contributed by atoms with Gasteiger partial charge >= 0.3 is 0 Å². The van der Waals surface area contributed by atoms with Gasteiger partial charge in [-0.3, -0.25) is 9.59 Å². The number of allylic oxidation sites excluding steroid dienone is 2. The molecule has 1 heterocycles. The predicted molar refractivity (Wildman–Crippen MR) is 106 cm³/mol. The van der Waals surface area contributed by atoms with Crippen LogP contribution >= 0.6 is 0 Å². The lowest BCUT2D eigenvalue weighted by Crippen LogP contribution is -2.25. The SMILES string of the molecule is Cc1cc2c3c(c(C#N)c4c(c3c1)C(=O)CC(C)C4)OC1=C2C(=O)CC(C)C1. The number of nitrogens with zero attached hydrogens (tertiary/aromatic N) is 1. The molecule has 28 heavy (non-hydrogen) atoms. The average Bonchev–Trinajstić information content (AvgIpc) is 2.60. The molecule has 1 aliphatic heterocycles. The van der Waals surface area contributed by atoms with Gasteiger partial charge in [-0.1, -0.05) is 26.0 Å². The fraction of sp³-hybridized carbons (Fsp3) is 0.375. The summed E-state index contributed by atoms with van der Waals surface area (Å²) in [5, 5.41) is 11.6. The minimum Gasteiger partial charge on any atom is -0.459 e. The minimum absolute atomic E-state index is 0.0803. The molecule has 0 bridgehead atoms. The zero-order valence-corrected chi connectivity index (χ0v) is 16.3. The Hall–Kier alpha value is -2.93. The van der Waals surface area contributed by atoms with Gasteiger partial charge in [0.2, 0.25) is 0 Å². The molecule has 140 valence electrons. The number of rotatable bonds is 0. The number of ketones is 2. The van der Waals surface area contributed by atoms with Gasteiger partial charge in [0.15, 0.2) is 17.3 Å². The van der Waals surface area contributed by atoms with E-state index in [1.54, 1.807) is 0 Å². The molecule has 0 fully saturated rings. The topological polar surface area (TPSA) is 67.2 Å².